The average Bonchev–Trinajstić information content (AvgIpc) is 2.76. The van der Waals surface area contributed by atoms with E-state index in [2.05, 4.69) is 4.74 Å². The molecule has 0 atom stereocenters. The Morgan fingerprint density at radius 1 is 0.568 bits per heavy atom. The lowest BCUT2D eigenvalue weighted by molar-refractivity contribution is -0.450. The highest BCUT2D eigenvalue weighted by atomic mass is 19.4. The van der Waals surface area contributed by atoms with Crippen LogP contribution in [0.4, 0.5) is 65.9 Å². The Hall–Kier alpha value is -1.62. The largest absolute Gasteiger partial charge is 0.461 e. The Morgan fingerprint density at radius 2 is 0.919 bits per heavy atom. The number of rotatable bonds is 16. The van der Waals surface area contributed by atoms with Crippen molar-refractivity contribution in [2.24, 2.45) is 0 Å². The maximum atomic E-state index is 13.8. The molecule has 0 N–H and O–H groups in total. The number of ether oxygens (including phenoxy) is 1. The first-order chi connectivity index (χ1) is 16.4. The van der Waals surface area contributed by atoms with E-state index < -0.39 is 54.3 Å². The van der Waals surface area contributed by atoms with Gasteiger partial charge in [0.15, 0.2) is 0 Å². The molecule has 0 aromatic carbocycles. The van der Waals surface area contributed by atoms with E-state index in [-0.39, 0.29) is 13.0 Å². The summed E-state index contributed by atoms with van der Waals surface area (Å²) in [6.07, 6.45) is -5.21. The molecule has 0 heterocycles. The molecule has 0 aliphatic heterocycles. The predicted octanol–water partition coefficient (Wildman–Crippen LogP) is 7.20. The van der Waals surface area contributed by atoms with Gasteiger partial charge in [-0.1, -0.05) is 26.7 Å². The van der Waals surface area contributed by atoms with Crippen molar-refractivity contribution in [3.8, 4) is 0 Å². The van der Waals surface area contributed by atoms with E-state index in [1.807, 2.05) is 13.8 Å². The van der Waals surface area contributed by atoms with Crippen molar-refractivity contribution in [1.82, 2.24) is 4.90 Å². The molecule has 37 heavy (non-hydrogen) atoms. The number of alkyl halides is 15. The second-order valence-electron chi connectivity index (χ2n) is 7.98. The smallest absolute Gasteiger partial charge is 0.460 e. The van der Waals surface area contributed by atoms with Crippen LogP contribution in [0.1, 0.15) is 46.0 Å². The van der Waals surface area contributed by atoms with Crippen LogP contribution in [-0.4, -0.2) is 78.8 Å². The summed E-state index contributed by atoms with van der Waals surface area (Å²) in [7, 11) is 0. The Kier molecular flexibility index (Phi) is 11.5. The van der Waals surface area contributed by atoms with Crippen molar-refractivity contribution in [3.05, 3.63) is 0 Å². The van der Waals surface area contributed by atoms with Crippen LogP contribution >= 0.6 is 0 Å². The Bertz CT molecular complexity index is 729. The van der Waals surface area contributed by atoms with Crippen LogP contribution in [0.3, 0.4) is 0 Å². The molecule has 0 saturated carbocycles. The SMILES string of the molecule is CCCCN(CCCC)CCCOC(=O)C(F)(F)C(F)(F)C(F)(F)C(F)(F)C(F)(F)C(F)(F)C(F)(F)F. The number of hydrogen-bond donors (Lipinski definition) is 0. The molecular formula is C19H24F15NO2. The number of carbonyl (C=O) groups is 1. The van der Waals surface area contributed by atoms with E-state index in [4.69, 9.17) is 0 Å². The summed E-state index contributed by atoms with van der Waals surface area (Å²) in [6.45, 7) is 3.49. The lowest BCUT2D eigenvalue weighted by Gasteiger charge is -2.40. The average molecular weight is 583 g/mol. The second-order valence-corrected chi connectivity index (χ2v) is 7.98. The quantitative estimate of drug-likeness (QED) is 0.109. The van der Waals surface area contributed by atoms with Gasteiger partial charge in [0, 0.05) is 6.54 Å². The van der Waals surface area contributed by atoms with Crippen molar-refractivity contribution in [2.45, 2.75) is 87.7 Å². The van der Waals surface area contributed by atoms with Crippen LogP contribution in [0, 0.1) is 0 Å². The van der Waals surface area contributed by atoms with Crippen LogP contribution in [0.5, 0.6) is 0 Å². The molecule has 0 rings (SSSR count). The van der Waals surface area contributed by atoms with E-state index in [0.717, 1.165) is 12.8 Å². The molecular weight excluding hydrogens is 559 g/mol. The zero-order chi connectivity index (χ0) is 29.7. The van der Waals surface area contributed by atoms with Gasteiger partial charge in [-0.15, -0.1) is 0 Å². The van der Waals surface area contributed by atoms with E-state index in [1.54, 1.807) is 4.90 Å². The fraction of sp³-hybridized carbons (Fsp3) is 0.947. The van der Waals surface area contributed by atoms with Gasteiger partial charge < -0.3 is 9.64 Å². The summed E-state index contributed by atoms with van der Waals surface area (Å²) in [6, 6.07) is 0. The predicted molar refractivity (Wildman–Crippen MR) is 97.6 cm³/mol. The van der Waals surface area contributed by atoms with E-state index >= 15 is 0 Å². The summed E-state index contributed by atoms with van der Waals surface area (Å²) in [5.41, 5.74) is 0. The first-order valence-electron chi connectivity index (χ1n) is 10.6. The molecule has 0 aromatic heterocycles. The molecule has 0 bridgehead atoms. The van der Waals surface area contributed by atoms with Gasteiger partial charge in [-0.25, -0.2) is 4.79 Å². The van der Waals surface area contributed by atoms with Crippen molar-refractivity contribution in [1.29, 1.82) is 0 Å². The van der Waals surface area contributed by atoms with E-state index in [0.29, 0.717) is 25.9 Å². The zero-order valence-electron chi connectivity index (χ0n) is 19.3. The van der Waals surface area contributed by atoms with Gasteiger partial charge >= 0.3 is 47.7 Å². The maximum Gasteiger partial charge on any atom is 0.460 e. The zero-order valence-corrected chi connectivity index (χ0v) is 19.3. The van der Waals surface area contributed by atoms with Gasteiger partial charge in [0.05, 0.1) is 6.61 Å². The first kappa shape index (κ1) is 35.4. The summed E-state index contributed by atoms with van der Waals surface area (Å²) in [5, 5.41) is 0. The topological polar surface area (TPSA) is 29.5 Å². The van der Waals surface area contributed by atoms with Crippen LogP contribution in [0.2, 0.25) is 0 Å². The van der Waals surface area contributed by atoms with Gasteiger partial charge in [-0.3, -0.25) is 0 Å². The molecule has 0 fully saturated rings. The highest BCUT2D eigenvalue weighted by Gasteiger charge is 2.94. The highest BCUT2D eigenvalue weighted by Crippen LogP contribution is 2.62. The van der Waals surface area contributed by atoms with Crippen molar-refractivity contribution in [2.75, 3.05) is 26.2 Å². The maximum absolute atomic E-state index is 13.8. The first-order valence-corrected chi connectivity index (χ1v) is 10.6. The second kappa shape index (κ2) is 12.1. The summed E-state index contributed by atoms with van der Waals surface area (Å²) < 4.78 is 201. The number of nitrogens with zero attached hydrogens (tertiary/aromatic N) is 1. The minimum atomic E-state index is -8.44. The van der Waals surface area contributed by atoms with Gasteiger partial charge in [0.1, 0.15) is 0 Å². The van der Waals surface area contributed by atoms with Crippen LogP contribution in [0.25, 0.3) is 0 Å². The Labute approximate surface area is 201 Å². The molecule has 0 aliphatic carbocycles. The van der Waals surface area contributed by atoms with Crippen molar-refractivity contribution < 1.29 is 75.4 Å². The molecule has 0 aromatic rings. The standard InChI is InChI=1S/C19H24F15NO2/c1-3-5-8-35(9-6-4-2)10-7-11-37-12(36)13(20,21)14(22,23)15(24,25)16(26,27)17(28,29)18(30,31)19(32,33)34/h3-11H2,1-2H3. The molecule has 0 unspecified atom stereocenters. The number of hydrogen-bond acceptors (Lipinski definition) is 3. The number of carbonyl (C=O) groups excluding carboxylic acids is 1. The molecule has 0 saturated heterocycles. The summed E-state index contributed by atoms with van der Waals surface area (Å²) in [4.78, 5) is 13.1. The Morgan fingerprint density at radius 3 is 1.30 bits per heavy atom. The van der Waals surface area contributed by atoms with Crippen LogP contribution < -0.4 is 0 Å². The number of unbranched alkanes of at least 4 members (excludes halogenated alkanes) is 2. The molecule has 222 valence electrons. The van der Waals surface area contributed by atoms with Gasteiger partial charge in [0.2, 0.25) is 0 Å². The molecule has 0 aliphatic rings. The van der Waals surface area contributed by atoms with Gasteiger partial charge in [-0.2, -0.15) is 65.9 Å². The van der Waals surface area contributed by atoms with Gasteiger partial charge in [-0.05, 0) is 32.4 Å². The summed E-state index contributed by atoms with van der Waals surface area (Å²) >= 11 is 0. The molecule has 18 heteroatoms. The third-order valence-corrected chi connectivity index (χ3v) is 5.09. The fourth-order valence-electron chi connectivity index (χ4n) is 2.74. The monoisotopic (exact) mass is 583 g/mol. The van der Waals surface area contributed by atoms with Crippen molar-refractivity contribution in [3.63, 3.8) is 0 Å². The minimum Gasteiger partial charge on any atom is -0.461 e. The Balaban J connectivity index is 5.74. The summed E-state index contributed by atoms with van der Waals surface area (Å²) in [5.74, 6) is -51.7. The number of halogens is 15. The highest BCUT2D eigenvalue weighted by molar-refractivity contribution is 5.79. The van der Waals surface area contributed by atoms with E-state index in [9.17, 15) is 70.7 Å². The molecule has 0 spiro atoms. The lowest BCUT2D eigenvalue weighted by atomic mass is 9.91. The fourth-order valence-corrected chi connectivity index (χ4v) is 2.74. The molecule has 3 nitrogen and oxygen atoms in total. The van der Waals surface area contributed by atoms with Gasteiger partial charge in [0.25, 0.3) is 0 Å². The third kappa shape index (κ3) is 6.69. The van der Waals surface area contributed by atoms with Crippen LogP contribution in [-0.2, 0) is 9.53 Å². The van der Waals surface area contributed by atoms with Crippen LogP contribution in [0.15, 0.2) is 0 Å². The normalized spacial score (nSPS) is 14.9. The van der Waals surface area contributed by atoms with Crippen molar-refractivity contribution >= 4 is 5.97 Å². The minimum absolute atomic E-state index is 0.0161. The molecule has 0 radical (unpaired) electrons. The third-order valence-electron chi connectivity index (χ3n) is 5.09. The number of esters is 1. The molecule has 0 amide bonds. The van der Waals surface area contributed by atoms with E-state index in [1.165, 1.54) is 0 Å². The lowest BCUT2D eigenvalue weighted by Crippen LogP contribution is -2.73.